The van der Waals surface area contributed by atoms with Crippen LogP contribution >= 0.6 is 0 Å². The van der Waals surface area contributed by atoms with Crippen LogP contribution < -0.4 is 5.32 Å². The number of hydrogen-bond acceptors (Lipinski definition) is 1. The standard InChI is InChI=1S/C33H55N/c1-33(2)29-9-5-3-7-25(29)27-19-23(15-17-30(27)33)21-11-13-22(14-12-21)24-16-18-32-28(20-24)26-8-4-6-10-31(26)34-32/h21-32,34H,3-20H2,1-2H3. The van der Waals surface area contributed by atoms with Crippen molar-refractivity contribution in [3.63, 3.8) is 0 Å². The van der Waals surface area contributed by atoms with Crippen LogP contribution in [0.2, 0.25) is 0 Å². The topological polar surface area (TPSA) is 12.0 Å². The quantitative estimate of drug-likeness (QED) is 0.430. The molecule has 0 aromatic heterocycles. The van der Waals surface area contributed by atoms with Gasteiger partial charge in [0.15, 0.2) is 0 Å². The lowest BCUT2D eigenvalue weighted by atomic mass is 9.60. The van der Waals surface area contributed by atoms with E-state index in [1.807, 2.05) is 0 Å². The van der Waals surface area contributed by atoms with Crippen LogP contribution in [-0.4, -0.2) is 12.1 Å². The van der Waals surface area contributed by atoms with Crippen LogP contribution in [0.5, 0.6) is 0 Å². The van der Waals surface area contributed by atoms with Crippen molar-refractivity contribution in [2.45, 2.75) is 142 Å². The van der Waals surface area contributed by atoms with Crippen LogP contribution in [0, 0.1) is 64.6 Å². The van der Waals surface area contributed by atoms with Gasteiger partial charge in [0.05, 0.1) is 0 Å². The minimum Gasteiger partial charge on any atom is -0.311 e. The minimum absolute atomic E-state index is 0.643. The Labute approximate surface area is 211 Å². The summed E-state index contributed by atoms with van der Waals surface area (Å²) < 4.78 is 0. The number of nitrogens with one attached hydrogen (secondary N) is 1. The molecule has 6 saturated carbocycles. The molecule has 34 heavy (non-hydrogen) atoms. The molecule has 7 aliphatic rings. The summed E-state index contributed by atoms with van der Waals surface area (Å²) in [5, 5.41) is 4.11. The molecular weight excluding hydrogens is 410 g/mol. The molecule has 0 aromatic rings. The van der Waals surface area contributed by atoms with Gasteiger partial charge in [-0.2, -0.15) is 0 Å². The Hall–Kier alpha value is -0.0400. The van der Waals surface area contributed by atoms with Crippen LogP contribution in [0.15, 0.2) is 0 Å². The van der Waals surface area contributed by atoms with Crippen molar-refractivity contribution < 1.29 is 0 Å². The molecule has 1 nitrogen and oxygen atoms in total. The fourth-order valence-corrected chi connectivity index (χ4v) is 12.5. The average Bonchev–Trinajstić information content (AvgIpc) is 3.36. The second kappa shape index (κ2) is 9.06. The Morgan fingerprint density at radius 1 is 0.441 bits per heavy atom. The highest BCUT2D eigenvalue weighted by Crippen LogP contribution is 2.64. The van der Waals surface area contributed by atoms with Gasteiger partial charge >= 0.3 is 0 Å². The van der Waals surface area contributed by atoms with Gasteiger partial charge in [-0.15, -0.1) is 0 Å². The molecule has 7 rings (SSSR count). The van der Waals surface area contributed by atoms with Crippen molar-refractivity contribution in [3.05, 3.63) is 0 Å². The third kappa shape index (κ3) is 3.79. The molecule has 1 aliphatic heterocycles. The first-order valence-corrected chi connectivity index (χ1v) is 16.4. The minimum atomic E-state index is 0.643. The van der Waals surface area contributed by atoms with E-state index in [1.54, 1.807) is 77.0 Å². The molecule has 0 radical (unpaired) electrons. The monoisotopic (exact) mass is 465 g/mol. The molecule has 7 fully saturated rings. The van der Waals surface area contributed by atoms with E-state index >= 15 is 0 Å². The first kappa shape index (κ1) is 23.1. The molecule has 10 unspecified atom stereocenters. The average molecular weight is 466 g/mol. The zero-order valence-corrected chi connectivity index (χ0v) is 22.7. The van der Waals surface area contributed by atoms with E-state index in [1.165, 1.54) is 38.5 Å². The second-order valence-electron chi connectivity index (χ2n) is 15.5. The largest absolute Gasteiger partial charge is 0.311 e. The van der Waals surface area contributed by atoms with Gasteiger partial charge in [-0.25, -0.2) is 0 Å². The number of fused-ring (bicyclic) bond motifs is 6. The fourth-order valence-electron chi connectivity index (χ4n) is 12.5. The lowest BCUT2D eigenvalue weighted by Crippen LogP contribution is -2.38. The number of rotatable bonds is 2. The highest BCUT2D eigenvalue weighted by Gasteiger charge is 2.57. The molecule has 10 atom stereocenters. The normalized spacial score (nSPS) is 54.5. The third-order valence-corrected chi connectivity index (χ3v) is 14.1. The lowest BCUT2D eigenvalue weighted by Gasteiger charge is -2.45. The smallest absolute Gasteiger partial charge is 0.0101 e. The SMILES string of the molecule is CC1(C)C2CCCCC2C2CC(C3CCC(C4CCC5NC6CCCCC6C5C4)CC3)CCC21. The molecule has 1 heterocycles. The molecule has 0 spiro atoms. The van der Waals surface area contributed by atoms with Gasteiger partial charge in [-0.05, 0) is 154 Å². The summed E-state index contributed by atoms with van der Waals surface area (Å²) in [6, 6.07) is 1.80. The van der Waals surface area contributed by atoms with Crippen LogP contribution in [-0.2, 0) is 0 Å². The molecular formula is C33H55N. The van der Waals surface area contributed by atoms with E-state index in [0.29, 0.717) is 5.41 Å². The van der Waals surface area contributed by atoms with Gasteiger partial charge in [0.2, 0.25) is 0 Å². The van der Waals surface area contributed by atoms with E-state index in [4.69, 9.17) is 0 Å². The Morgan fingerprint density at radius 3 is 1.74 bits per heavy atom. The molecule has 1 heteroatoms. The van der Waals surface area contributed by atoms with Crippen molar-refractivity contribution in [1.29, 1.82) is 0 Å². The first-order chi connectivity index (χ1) is 16.6. The van der Waals surface area contributed by atoms with Crippen LogP contribution in [0.25, 0.3) is 0 Å². The maximum absolute atomic E-state index is 4.11. The summed E-state index contributed by atoms with van der Waals surface area (Å²) in [5.74, 6) is 10.8. The maximum atomic E-state index is 4.11. The Balaban J connectivity index is 0.951. The van der Waals surface area contributed by atoms with E-state index in [2.05, 4.69) is 19.2 Å². The summed E-state index contributed by atoms with van der Waals surface area (Å²) in [6.07, 6.45) is 28.1. The zero-order valence-electron chi connectivity index (χ0n) is 22.7. The highest BCUT2D eigenvalue weighted by molar-refractivity contribution is 5.06. The van der Waals surface area contributed by atoms with Gasteiger partial charge in [0, 0.05) is 12.1 Å². The van der Waals surface area contributed by atoms with E-state index in [0.717, 1.165) is 71.3 Å². The van der Waals surface area contributed by atoms with Crippen molar-refractivity contribution in [3.8, 4) is 0 Å². The Kier molecular flexibility index (Phi) is 6.16. The van der Waals surface area contributed by atoms with E-state index < -0.39 is 0 Å². The first-order valence-electron chi connectivity index (χ1n) is 16.4. The maximum Gasteiger partial charge on any atom is 0.0101 e. The zero-order chi connectivity index (χ0) is 22.9. The van der Waals surface area contributed by atoms with Crippen molar-refractivity contribution in [1.82, 2.24) is 5.32 Å². The van der Waals surface area contributed by atoms with Gasteiger partial charge in [0.25, 0.3) is 0 Å². The molecule has 0 amide bonds. The van der Waals surface area contributed by atoms with Crippen molar-refractivity contribution in [2.75, 3.05) is 0 Å². The van der Waals surface area contributed by atoms with Crippen molar-refractivity contribution >= 4 is 0 Å². The van der Waals surface area contributed by atoms with Gasteiger partial charge in [-0.3, -0.25) is 0 Å². The van der Waals surface area contributed by atoms with Crippen molar-refractivity contribution in [2.24, 2.45) is 64.6 Å². The second-order valence-corrected chi connectivity index (χ2v) is 15.5. The van der Waals surface area contributed by atoms with Gasteiger partial charge in [0.1, 0.15) is 0 Å². The van der Waals surface area contributed by atoms with Crippen LogP contribution in [0.1, 0.15) is 129 Å². The van der Waals surface area contributed by atoms with Gasteiger partial charge < -0.3 is 5.32 Å². The summed E-state index contributed by atoms with van der Waals surface area (Å²) in [5.41, 5.74) is 0.643. The van der Waals surface area contributed by atoms with Crippen LogP contribution in [0.4, 0.5) is 0 Å². The van der Waals surface area contributed by atoms with Crippen LogP contribution in [0.3, 0.4) is 0 Å². The Morgan fingerprint density at radius 2 is 0.971 bits per heavy atom. The predicted octanol–water partition coefficient (Wildman–Crippen LogP) is 8.62. The molecule has 0 aromatic carbocycles. The van der Waals surface area contributed by atoms with E-state index in [9.17, 15) is 0 Å². The highest BCUT2D eigenvalue weighted by atomic mass is 15.0. The van der Waals surface area contributed by atoms with Gasteiger partial charge in [-0.1, -0.05) is 39.5 Å². The predicted molar refractivity (Wildman–Crippen MR) is 142 cm³/mol. The number of hydrogen-bond donors (Lipinski definition) is 1. The lowest BCUT2D eigenvalue weighted by molar-refractivity contribution is 0.0556. The summed E-state index contributed by atoms with van der Waals surface area (Å²) in [6.45, 7) is 5.35. The molecule has 192 valence electrons. The molecule has 6 aliphatic carbocycles. The third-order valence-electron chi connectivity index (χ3n) is 14.1. The molecule has 1 N–H and O–H groups in total. The Bertz CT molecular complexity index is 718. The summed E-state index contributed by atoms with van der Waals surface area (Å²) in [4.78, 5) is 0. The fraction of sp³-hybridized carbons (Fsp3) is 1.00. The summed E-state index contributed by atoms with van der Waals surface area (Å²) in [7, 11) is 0. The van der Waals surface area contributed by atoms with E-state index in [-0.39, 0.29) is 0 Å². The summed E-state index contributed by atoms with van der Waals surface area (Å²) >= 11 is 0. The molecule has 1 saturated heterocycles. The molecule has 0 bridgehead atoms.